The van der Waals surface area contributed by atoms with Gasteiger partial charge in [0, 0.05) is 23.0 Å². The second-order valence-electron chi connectivity index (χ2n) is 4.77. The summed E-state index contributed by atoms with van der Waals surface area (Å²) in [6.45, 7) is 8.12. The number of H-pyrrole nitrogens is 1. The molecule has 1 N–H and O–H groups in total. The third-order valence-corrected chi connectivity index (χ3v) is 4.10. The summed E-state index contributed by atoms with van der Waals surface area (Å²) in [6, 6.07) is 0. The van der Waals surface area contributed by atoms with E-state index >= 15 is 0 Å². The number of rotatable bonds is 4. The number of halogens is 1. The largest absolute Gasteiger partial charge is 0.268 e. The summed E-state index contributed by atoms with van der Waals surface area (Å²) in [6.07, 6.45) is 0. The molecule has 0 aliphatic heterocycles. The fourth-order valence-corrected chi connectivity index (χ4v) is 2.54. The number of nitrogens with one attached hydrogen (secondary N) is 1. The van der Waals surface area contributed by atoms with Crippen LogP contribution in [0.2, 0.25) is 0 Å². The predicted molar refractivity (Wildman–Crippen MR) is 72.9 cm³/mol. The molecule has 1 aromatic heterocycles. The van der Waals surface area contributed by atoms with Crippen molar-refractivity contribution in [2.24, 2.45) is 11.8 Å². The topological polar surface area (TPSA) is 54.9 Å². The van der Waals surface area contributed by atoms with Crippen LogP contribution >= 0.6 is 15.9 Å². The lowest BCUT2D eigenvalue weighted by Gasteiger charge is -2.19. The molecule has 0 fully saturated rings. The van der Waals surface area contributed by atoms with Gasteiger partial charge in [0.25, 0.3) is 11.1 Å². The fourth-order valence-electron chi connectivity index (χ4n) is 1.59. The van der Waals surface area contributed by atoms with Gasteiger partial charge in [0.05, 0.1) is 0 Å². The van der Waals surface area contributed by atoms with Crippen molar-refractivity contribution >= 4 is 15.9 Å². The minimum Gasteiger partial charge on any atom is -0.268 e. The van der Waals surface area contributed by atoms with Crippen LogP contribution in [0.5, 0.6) is 0 Å². The fraction of sp³-hybridized carbons (Fsp3) is 0.667. The molecule has 1 rings (SSSR count). The SMILES string of the molecule is Cc1c(C)c(=O)n(CC(CBr)C(C)C)[nH]c1=O. The summed E-state index contributed by atoms with van der Waals surface area (Å²) < 4.78 is 1.43. The van der Waals surface area contributed by atoms with Gasteiger partial charge >= 0.3 is 0 Å². The monoisotopic (exact) mass is 302 g/mol. The number of alkyl halides is 1. The first-order valence-electron chi connectivity index (χ1n) is 5.74. The van der Waals surface area contributed by atoms with E-state index in [1.54, 1.807) is 13.8 Å². The van der Waals surface area contributed by atoms with E-state index < -0.39 is 0 Å². The first kappa shape index (κ1) is 14.2. The van der Waals surface area contributed by atoms with Crippen molar-refractivity contribution in [2.75, 3.05) is 5.33 Å². The highest BCUT2D eigenvalue weighted by atomic mass is 79.9. The van der Waals surface area contributed by atoms with Crippen LogP contribution in [0.3, 0.4) is 0 Å². The average molecular weight is 303 g/mol. The Labute approximate surface area is 109 Å². The zero-order chi connectivity index (χ0) is 13.2. The van der Waals surface area contributed by atoms with Gasteiger partial charge in [-0.1, -0.05) is 29.8 Å². The molecule has 0 saturated heterocycles. The van der Waals surface area contributed by atoms with Gasteiger partial charge in [-0.3, -0.25) is 14.7 Å². The van der Waals surface area contributed by atoms with Crippen LogP contribution in [0.1, 0.15) is 25.0 Å². The van der Waals surface area contributed by atoms with Crippen LogP contribution in [0, 0.1) is 25.7 Å². The smallest absolute Gasteiger partial charge is 0.268 e. The van der Waals surface area contributed by atoms with Crippen molar-refractivity contribution in [3.63, 3.8) is 0 Å². The minimum atomic E-state index is -0.181. The van der Waals surface area contributed by atoms with E-state index in [1.807, 2.05) is 0 Å². The normalized spacial score (nSPS) is 13.1. The Morgan fingerprint density at radius 2 is 1.82 bits per heavy atom. The van der Waals surface area contributed by atoms with Gasteiger partial charge in [-0.2, -0.15) is 0 Å². The van der Waals surface area contributed by atoms with E-state index in [2.05, 4.69) is 34.9 Å². The van der Waals surface area contributed by atoms with Crippen molar-refractivity contribution in [1.82, 2.24) is 9.78 Å². The van der Waals surface area contributed by atoms with E-state index in [4.69, 9.17) is 0 Å². The summed E-state index contributed by atoms with van der Waals surface area (Å²) in [7, 11) is 0. The Hall–Kier alpha value is -0.840. The third kappa shape index (κ3) is 3.09. The lowest BCUT2D eigenvalue weighted by Crippen LogP contribution is -2.36. The van der Waals surface area contributed by atoms with Crippen LogP contribution in [-0.2, 0) is 6.54 Å². The average Bonchev–Trinajstić information content (AvgIpc) is 2.29. The number of hydrogen-bond acceptors (Lipinski definition) is 2. The number of nitrogens with zero attached hydrogens (tertiary/aromatic N) is 1. The van der Waals surface area contributed by atoms with Gasteiger partial charge < -0.3 is 0 Å². The molecule has 0 spiro atoms. The molecule has 1 aromatic rings. The maximum Gasteiger partial charge on any atom is 0.268 e. The Kier molecular flexibility index (Phi) is 4.74. The molecule has 0 saturated carbocycles. The van der Waals surface area contributed by atoms with Gasteiger partial charge in [0.15, 0.2) is 0 Å². The molecule has 0 aliphatic carbocycles. The highest BCUT2D eigenvalue weighted by molar-refractivity contribution is 9.09. The van der Waals surface area contributed by atoms with Crippen LogP contribution in [-0.4, -0.2) is 15.1 Å². The maximum atomic E-state index is 12.0. The summed E-state index contributed by atoms with van der Waals surface area (Å²) in [5.41, 5.74) is 0.755. The lowest BCUT2D eigenvalue weighted by molar-refractivity contribution is 0.346. The van der Waals surface area contributed by atoms with Gasteiger partial charge in [-0.25, -0.2) is 4.68 Å². The first-order chi connectivity index (χ1) is 7.88. The molecule has 0 radical (unpaired) electrons. The molecule has 1 unspecified atom stereocenters. The predicted octanol–water partition coefficient (Wildman–Crippen LogP) is 1.82. The highest BCUT2D eigenvalue weighted by Gasteiger charge is 2.15. The molecule has 0 amide bonds. The number of hydrogen-bond donors (Lipinski definition) is 1. The molecule has 5 heteroatoms. The van der Waals surface area contributed by atoms with Crippen LogP contribution in [0.4, 0.5) is 0 Å². The Bertz CT molecular complexity index is 502. The minimum absolute atomic E-state index is 0.103. The Morgan fingerprint density at radius 1 is 1.24 bits per heavy atom. The van der Waals surface area contributed by atoms with E-state index in [0.29, 0.717) is 29.5 Å². The Balaban J connectivity index is 3.16. The number of aromatic nitrogens is 2. The van der Waals surface area contributed by atoms with Crippen molar-refractivity contribution in [3.05, 3.63) is 31.8 Å². The molecule has 1 heterocycles. The second-order valence-corrected chi connectivity index (χ2v) is 5.41. The van der Waals surface area contributed by atoms with E-state index in [1.165, 1.54) is 4.68 Å². The quantitative estimate of drug-likeness (QED) is 0.863. The molecule has 17 heavy (non-hydrogen) atoms. The van der Waals surface area contributed by atoms with E-state index in [0.717, 1.165) is 5.33 Å². The van der Waals surface area contributed by atoms with Gasteiger partial charge in [0.1, 0.15) is 0 Å². The second kappa shape index (κ2) is 5.67. The van der Waals surface area contributed by atoms with Crippen LogP contribution in [0.25, 0.3) is 0 Å². The molecule has 0 bridgehead atoms. The summed E-state index contributed by atoms with van der Waals surface area (Å²) in [5.74, 6) is 0.775. The summed E-state index contributed by atoms with van der Waals surface area (Å²) in [4.78, 5) is 23.6. The van der Waals surface area contributed by atoms with E-state index in [9.17, 15) is 9.59 Å². The molecule has 0 aliphatic rings. The van der Waals surface area contributed by atoms with Crippen molar-refractivity contribution in [2.45, 2.75) is 34.2 Å². The number of aromatic amines is 1. The highest BCUT2D eigenvalue weighted by Crippen LogP contribution is 2.14. The van der Waals surface area contributed by atoms with Crippen molar-refractivity contribution in [1.29, 1.82) is 0 Å². The Morgan fingerprint density at radius 3 is 2.29 bits per heavy atom. The van der Waals surface area contributed by atoms with Gasteiger partial charge in [-0.05, 0) is 25.7 Å². The standard InChI is InChI=1S/C12H19BrN2O2/c1-7(2)10(5-13)6-15-12(17)9(4)8(3)11(16)14-15/h7,10H,5-6H2,1-4H3,(H,14,16). The molecular formula is C12H19BrN2O2. The maximum absolute atomic E-state index is 12.0. The van der Waals surface area contributed by atoms with Crippen LogP contribution in [0.15, 0.2) is 9.59 Å². The van der Waals surface area contributed by atoms with Crippen molar-refractivity contribution < 1.29 is 0 Å². The van der Waals surface area contributed by atoms with Gasteiger partial charge in [0.2, 0.25) is 0 Å². The van der Waals surface area contributed by atoms with E-state index in [-0.39, 0.29) is 11.1 Å². The third-order valence-electron chi connectivity index (χ3n) is 3.26. The lowest BCUT2D eigenvalue weighted by atomic mass is 9.98. The van der Waals surface area contributed by atoms with Gasteiger partial charge in [-0.15, -0.1) is 0 Å². The molecular weight excluding hydrogens is 284 g/mol. The molecule has 96 valence electrons. The molecule has 1 atom stereocenters. The summed E-state index contributed by atoms with van der Waals surface area (Å²) >= 11 is 3.44. The zero-order valence-electron chi connectivity index (χ0n) is 10.7. The first-order valence-corrected chi connectivity index (χ1v) is 6.86. The molecule has 0 aromatic carbocycles. The van der Waals surface area contributed by atoms with Crippen molar-refractivity contribution in [3.8, 4) is 0 Å². The summed E-state index contributed by atoms with van der Waals surface area (Å²) in [5, 5.41) is 3.44. The van der Waals surface area contributed by atoms with Crippen LogP contribution < -0.4 is 11.1 Å². The zero-order valence-corrected chi connectivity index (χ0v) is 12.3. The molecule has 4 nitrogen and oxygen atoms in total.